The normalized spacial score (nSPS) is 19.8. The molecule has 1 aromatic heterocycles. The highest BCUT2D eigenvalue weighted by atomic mass is 16.3. The fourth-order valence-electron chi connectivity index (χ4n) is 1.96. The van der Waals surface area contributed by atoms with E-state index in [0.717, 1.165) is 25.2 Å². The van der Waals surface area contributed by atoms with Gasteiger partial charge in [0.25, 0.3) is 0 Å². The van der Waals surface area contributed by atoms with E-state index in [0.29, 0.717) is 0 Å². The second-order valence-electron chi connectivity index (χ2n) is 3.69. The number of aromatic nitrogens is 3. The Morgan fingerprint density at radius 3 is 2.85 bits per heavy atom. The Balaban J connectivity index is 2.32. The molecule has 72 valence electrons. The first-order chi connectivity index (χ1) is 6.32. The summed E-state index contributed by atoms with van der Waals surface area (Å²) in [6, 6.07) is 0. The van der Waals surface area contributed by atoms with Crippen molar-refractivity contribution >= 4 is 0 Å². The van der Waals surface area contributed by atoms with Crippen LogP contribution in [0.4, 0.5) is 0 Å². The number of aryl methyl sites for hydroxylation is 1. The SMILES string of the molecule is CCn1ncnc1C1(CO)CCC1. The maximum atomic E-state index is 9.35. The van der Waals surface area contributed by atoms with Crippen LogP contribution in [0.25, 0.3) is 0 Å². The average molecular weight is 181 g/mol. The lowest BCUT2D eigenvalue weighted by Gasteiger charge is -2.39. The van der Waals surface area contributed by atoms with Crippen LogP contribution < -0.4 is 0 Å². The molecule has 1 N–H and O–H groups in total. The van der Waals surface area contributed by atoms with E-state index in [1.165, 1.54) is 6.42 Å². The smallest absolute Gasteiger partial charge is 0.138 e. The number of aliphatic hydroxyl groups is 1. The number of aliphatic hydroxyl groups excluding tert-OH is 1. The summed E-state index contributed by atoms with van der Waals surface area (Å²) in [5, 5.41) is 13.5. The standard InChI is InChI=1S/C9H15N3O/c1-2-12-8(10-7-11-12)9(6-13)4-3-5-9/h7,13H,2-6H2,1H3. The molecule has 13 heavy (non-hydrogen) atoms. The van der Waals surface area contributed by atoms with Crippen molar-refractivity contribution in [3.05, 3.63) is 12.2 Å². The van der Waals surface area contributed by atoms with E-state index in [1.54, 1.807) is 6.33 Å². The predicted molar refractivity (Wildman–Crippen MR) is 48.3 cm³/mol. The van der Waals surface area contributed by atoms with Crippen molar-refractivity contribution in [1.82, 2.24) is 14.8 Å². The van der Waals surface area contributed by atoms with E-state index >= 15 is 0 Å². The molecule has 1 aromatic rings. The van der Waals surface area contributed by atoms with Crippen LogP contribution in [0.2, 0.25) is 0 Å². The lowest BCUT2D eigenvalue weighted by molar-refractivity contribution is 0.107. The van der Waals surface area contributed by atoms with Crippen molar-refractivity contribution in [3.63, 3.8) is 0 Å². The lowest BCUT2D eigenvalue weighted by Crippen LogP contribution is -2.40. The molecule has 1 aliphatic rings. The van der Waals surface area contributed by atoms with Crippen LogP contribution in [0.3, 0.4) is 0 Å². The predicted octanol–water partition coefficient (Wildman–Crippen LogP) is 0.712. The zero-order valence-electron chi connectivity index (χ0n) is 7.90. The Kier molecular flexibility index (Phi) is 2.07. The molecule has 0 saturated heterocycles. The molecular formula is C9H15N3O. The van der Waals surface area contributed by atoms with Crippen LogP contribution in [0.1, 0.15) is 32.0 Å². The van der Waals surface area contributed by atoms with Gasteiger partial charge in [-0.2, -0.15) is 5.10 Å². The lowest BCUT2D eigenvalue weighted by atomic mass is 9.68. The summed E-state index contributed by atoms with van der Waals surface area (Å²) in [7, 11) is 0. The minimum absolute atomic E-state index is 0.0769. The van der Waals surface area contributed by atoms with Gasteiger partial charge in [-0.05, 0) is 19.8 Å². The van der Waals surface area contributed by atoms with Crippen LogP contribution in [-0.4, -0.2) is 26.5 Å². The molecule has 0 aromatic carbocycles. The first-order valence-electron chi connectivity index (χ1n) is 4.81. The molecule has 4 heteroatoms. The van der Waals surface area contributed by atoms with Crippen molar-refractivity contribution in [2.75, 3.05) is 6.61 Å². The van der Waals surface area contributed by atoms with Crippen molar-refractivity contribution < 1.29 is 5.11 Å². The van der Waals surface area contributed by atoms with Gasteiger partial charge in [-0.3, -0.25) is 0 Å². The van der Waals surface area contributed by atoms with Gasteiger partial charge in [0, 0.05) is 6.54 Å². The number of hydrogen-bond donors (Lipinski definition) is 1. The Morgan fingerprint density at radius 1 is 1.62 bits per heavy atom. The van der Waals surface area contributed by atoms with Crippen LogP contribution in [0, 0.1) is 0 Å². The van der Waals surface area contributed by atoms with Crippen molar-refractivity contribution in [2.45, 2.75) is 38.1 Å². The van der Waals surface area contributed by atoms with E-state index in [4.69, 9.17) is 0 Å². The molecule has 2 rings (SSSR count). The van der Waals surface area contributed by atoms with Gasteiger partial charge in [0.1, 0.15) is 12.2 Å². The highest BCUT2D eigenvalue weighted by Crippen LogP contribution is 2.41. The van der Waals surface area contributed by atoms with E-state index in [9.17, 15) is 5.11 Å². The highest BCUT2D eigenvalue weighted by molar-refractivity contribution is 5.12. The minimum Gasteiger partial charge on any atom is -0.395 e. The molecule has 0 unspecified atom stereocenters. The molecule has 0 bridgehead atoms. The Labute approximate surface area is 77.6 Å². The van der Waals surface area contributed by atoms with E-state index in [1.807, 2.05) is 11.6 Å². The molecule has 0 spiro atoms. The van der Waals surface area contributed by atoms with E-state index < -0.39 is 0 Å². The second-order valence-corrected chi connectivity index (χ2v) is 3.69. The summed E-state index contributed by atoms with van der Waals surface area (Å²) in [6.07, 6.45) is 4.86. The summed E-state index contributed by atoms with van der Waals surface area (Å²) in [5.41, 5.74) is -0.0769. The van der Waals surface area contributed by atoms with Gasteiger partial charge in [0.15, 0.2) is 0 Å². The minimum atomic E-state index is -0.0769. The van der Waals surface area contributed by atoms with Crippen molar-refractivity contribution in [2.24, 2.45) is 0 Å². The van der Waals surface area contributed by atoms with Gasteiger partial charge in [-0.15, -0.1) is 0 Å². The molecule has 0 aliphatic heterocycles. The van der Waals surface area contributed by atoms with Crippen molar-refractivity contribution in [1.29, 1.82) is 0 Å². The first kappa shape index (κ1) is 8.69. The maximum Gasteiger partial charge on any atom is 0.138 e. The molecule has 0 amide bonds. The summed E-state index contributed by atoms with van der Waals surface area (Å²) in [6.45, 7) is 3.07. The van der Waals surface area contributed by atoms with Crippen LogP contribution in [-0.2, 0) is 12.0 Å². The van der Waals surface area contributed by atoms with E-state index in [2.05, 4.69) is 10.1 Å². The second kappa shape index (κ2) is 3.10. The third-order valence-electron chi connectivity index (χ3n) is 3.00. The van der Waals surface area contributed by atoms with Gasteiger partial charge in [0.05, 0.1) is 12.0 Å². The fraction of sp³-hybridized carbons (Fsp3) is 0.778. The van der Waals surface area contributed by atoms with Crippen LogP contribution in [0.5, 0.6) is 0 Å². The zero-order chi connectivity index (χ0) is 9.31. The monoisotopic (exact) mass is 181 g/mol. The van der Waals surface area contributed by atoms with Gasteiger partial charge in [0.2, 0.25) is 0 Å². The molecule has 0 atom stereocenters. The summed E-state index contributed by atoms with van der Waals surface area (Å²) >= 11 is 0. The fourth-order valence-corrected chi connectivity index (χ4v) is 1.96. The molecule has 0 radical (unpaired) electrons. The Bertz CT molecular complexity index is 285. The van der Waals surface area contributed by atoms with Gasteiger partial charge in [-0.25, -0.2) is 9.67 Å². The van der Waals surface area contributed by atoms with Gasteiger partial charge < -0.3 is 5.11 Å². The zero-order valence-corrected chi connectivity index (χ0v) is 7.90. The third-order valence-corrected chi connectivity index (χ3v) is 3.00. The largest absolute Gasteiger partial charge is 0.395 e. The van der Waals surface area contributed by atoms with E-state index in [-0.39, 0.29) is 12.0 Å². The molecule has 1 saturated carbocycles. The number of nitrogens with zero attached hydrogens (tertiary/aromatic N) is 3. The van der Waals surface area contributed by atoms with Gasteiger partial charge >= 0.3 is 0 Å². The molecule has 1 aliphatic carbocycles. The summed E-state index contributed by atoms with van der Waals surface area (Å²) in [4.78, 5) is 4.24. The number of hydrogen-bond acceptors (Lipinski definition) is 3. The molecule has 1 fully saturated rings. The van der Waals surface area contributed by atoms with Crippen molar-refractivity contribution in [3.8, 4) is 0 Å². The van der Waals surface area contributed by atoms with Crippen LogP contribution >= 0.6 is 0 Å². The Morgan fingerprint density at radius 2 is 2.38 bits per heavy atom. The summed E-state index contributed by atoms with van der Waals surface area (Å²) < 4.78 is 1.88. The Hall–Kier alpha value is -0.900. The highest BCUT2D eigenvalue weighted by Gasteiger charge is 2.41. The maximum absolute atomic E-state index is 9.35. The summed E-state index contributed by atoms with van der Waals surface area (Å²) in [5.74, 6) is 0.962. The molecular weight excluding hydrogens is 166 g/mol. The van der Waals surface area contributed by atoms with Crippen LogP contribution in [0.15, 0.2) is 6.33 Å². The molecule has 4 nitrogen and oxygen atoms in total. The first-order valence-corrected chi connectivity index (χ1v) is 4.81. The average Bonchev–Trinajstić information content (AvgIpc) is 2.52. The molecule has 1 heterocycles. The topological polar surface area (TPSA) is 50.9 Å². The quantitative estimate of drug-likeness (QED) is 0.747. The number of rotatable bonds is 3. The third kappa shape index (κ3) is 1.16. The van der Waals surface area contributed by atoms with Gasteiger partial charge in [-0.1, -0.05) is 6.42 Å².